The molecule has 0 spiro atoms. The maximum atomic E-state index is 12.6. The summed E-state index contributed by atoms with van der Waals surface area (Å²) in [5.41, 5.74) is 3.73. The molecule has 32 heavy (non-hydrogen) atoms. The third-order valence-corrected chi connectivity index (χ3v) is 6.14. The lowest BCUT2D eigenvalue weighted by molar-refractivity contribution is 0.176. The molecule has 7 heteroatoms. The van der Waals surface area contributed by atoms with Gasteiger partial charge in [-0.25, -0.2) is 4.68 Å². The molecule has 5 rings (SSSR count). The average Bonchev–Trinajstić information content (AvgIpc) is 3.24. The van der Waals surface area contributed by atoms with E-state index in [2.05, 4.69) is 56.5 Å². The summed E-state index contributed by atoms with van der Waals surface area (Å²) in [5, 5.41) is 8.17. The maximum absolute atomic E-state index is 12.6. The smallest absolute Gasteiger partial charge is 0.263 e. The Kier molecular flexibility index (Phi) is 5.73. The molecule has 0 radical (unpaired) electrons. The molecule has 1 unspecified atom stereocenters. The fourth-order valence-corrected chi connectivity index (χ4v) is 4.49. The van der Waals surface area contributed by atoms with Crippen LogP contribution in [-0.2, 0) is 13.1 Å². The van der Waals surface area contributed by atoms with Crippen molar-refractivity contribution in [2.45, 2.75) is 32.9 Å². The summed E-state index contributed by atoms with van der Waals surface area (Å²) in [6, 6.07) is 18.2. The van der Waals surface area contributed by atoms with E-state index in [1.807, 2.05) is 30.3 Å². The Balaban J connectivity index is 1.37. The van der Waals surface area contributed by atoms with Crippen molar-refractivity contribution in [3.05, 3.63) is 82.3 Å². The van der Waals surface area contributed by atoms with Crippen molar-refractivity contribution in [2.24, 2.45) is 5.92 Å². The number of anilines is 1. The van der Waals surface area contributed by atoms with Crippen LogP contribution in [0.5, 0.6) is 0 Å². The van der Waals surface area contributed by atoms with Gasteiger partial charge in [0.1, 0.15) is 5.39 Å². The van der Waals surface area contributed by atoms with Gasteiger partial charge in [-0.1, -0.05) is 49.4 Å². The second kappa shape index (κ2) is 8.96. The number of para-hydroxylation sites is 1. The van der Waals surface area contributed by atoms with Crippen molar-refractivity contribution in [1.29, 1.82) is 0 Å². The number of benzene rings is 2. The Morgan fingerprint density at radius 1 is 1.09 bits per heavy atom. The third-order valence-electron chi connectivity index (χ3n) is 6.14. The van der Waals surface area contributed by atoms with Crippen LogP contribution in [0.3, 0.4) is 0 Å². The SMILES string of the molecule is CC1CCCN(Cc2ccccc2CNc2nc3c(cnn3-c3ccccc3)c(=O)[nH]2)C1. The van der Waals surface area contributed by atoms with Gasteiger partial charge in [-0.2, -0.15) is 10.1 Å². The Morgan fingerprint density at radius 2 is 1.88 bits per heavy atom. The normalized spacial score (nSPS) is 17.0. The van der Waals surface area contributed by atoms with E-state index in [1.54, 1.807) is 10.9 Å². The summed E-state index contributed by atoms with van der Waals surface area (Å²) >= 11 is 0. The van der Waals surface area contributed by atoms with Crippen LogP contribution >= 0.6 is 0 Å². The zero-order valence-electron chi connectivity index (χ0n) is 18.3. The number of H-pyrrole nitrogens is 1. The standard InChI is InChI=1S/C25H28N6O/c1-18-8-7-13-30(16-18)17-20-10-6-5-9-19(20)14-26-25-28-23-22(24(32)29-25)15-27-31(23)21-11-3-2-4-12-21/h2-6,9-12,15,18H,7-8,13-14,16-17H2,1H3,(H2,26,28,29,32). The fraction of sp³-hybridized carbons (Fsp3) is 0.320. The van der Waals surface area contributed by atoms with Gasteiger partial charge in [0.2, 0.25) is 5.95 Å². The van der Waals surface area contributed by atoms with Crippen molar-refractivity contribution in [3.63, 3.8) is 0 Å². The second-order valence-corrected chi connectivity index (χ2v) is 8.65. The van der Waals surface area contributed by atoms with Crippen molar-refractivity contribution in [2.75, 3.05) is 18.4 Å². The first-order chi connectivity index (χ1) is 15.7. The number of rotatable bonds is 6. The highest BCUT2D eigenvalue weighted by Crippen LogP contribution is 2.20. The van der Waals surface area contributed by atoms with E-state index in [4.69, 9.17) is 0 Å². The molecule has 0 bridgehead atoms. The highest BCUT2D eigenvalue weighted by atomic mass is 16.1. The molecule has 1 saturated heterocycles. The molecule has 2 aromatic carbocycles. The van der Waals surface area contributed by atoms with Gasteiger partial charge in [0.25, 0.3) is 5.56 Å². The number of fused-ring (bicyclic) bond motifs is 1. The Labute approximate surface area is 187 Å². The van der Waals surface area contributed by atoms with Crippen molar-refractivity contribution < 1.29 is 0 Å². The Bertz CT molecular complexity index is 1260. The highest BCUT2D eigenvalue weighted by Gasteiger charge is 2.17. The van der Waals surface area contributed by atoms with Crippen LogP contribution in [0.4, 0.5) is 5.95 Å². The maximum Gasteiger partial charge on any atom is 0.263 e. The molecule has 0 aliphatic carbocycles. The number of aromatic amines is 1. The van der Waals surface area contributed by atoms with Crippen molar-refractivity contribution >= 4 is 17.0 Å². The summed E-state index contributed by atoms with van der Waals surface area (Å²) in [6.07, 6.45) is 4.15. The minimum absolute atomic E-state index is 0.199. The van der Waals surface area contributed by atoms with Crippen LogP contribution in [-0.4, -0.2) is 37.7 Å². The predicted molar refractivity (Wildman–Crippen MR) is 127 cm³/mol. The number of nitrogens with one attached hydrogen (secondary N) is 2. The van der Waals surface area contributed by atoms with E-state index in [0.29, 0.717) is 23.5 Å². The predicted octanol–water partition coefficient (Wildman–Crippen LogP) is 3.95. The van der Waals surface area contributed by atoms with Crippen LogP contribution in [0.2, 0.25) is 0 Å². The Morgan fingerprint density at radius 3 is 2.69 bits per heavy atom. The summed E-state index contributed by atoms with van der Waals surface area (Å²) in [7, 11) is 0. The molecule has 1 aliphatic rings. The number of likely N-dealkylation sites (tertiary alicyclic amines) is 1. The zero-order valence-corrected chi connectivity index (χ0v) is 18.3. The molecule has 1 fully saturated rings. The quantitative estimate of drug-likeness (QED) is 0.486. The molecule has 0 amide bonds. The van der Waals surface area contributed by atoms with Crippen LogP contribution in [0, 0.1) is 5.92 Å². The van der Waals surface area contributed by atoms with E-state index in [0.717, 1.165) is 31.2 Å². The van der Waals surface area contributed by atoms with E-state index < -0.39 is 0 Å². The molecule has 4 aromatic rings. The number of hydrogen-bond donors (Lipinski definition) is 2. The first kappa shape index (κ1) is 20.5. The molecular weight excluding hydrogens is 400 g/mol. The molecule has 3 heterocycles. The minimum Gasteiger partial charge on any atom is -0.352 e. The summed E-state index contributed by atoms with van der Waals surface area (Å²) < 4.78 is 1.70. The average molecular weight is 429 g/mol. The molecule has 2 N–H and O–H groups in total. The van der Waals surface area contributed by atoms with Gasteiger partial charge in [-0.15, -0.1) is 0 Å². The van der Waals surface area contributed by atoms with Gasteiger partial charge in [-0.3, -0.25) is 14.7 Å². The van der Waals surface area contributed by atoms with E-state index in [9.17, 15) is 4.79 Å². The Hall–Kier alpha value is -3.45. The second-order valence-electron chi connectivity index (χ2n) is 8.65. The first-order valence-corrected chi connectivity index (χ1v) is 11.2. The van der Waals surface area contributed by atoms with Crippen LogP contribution in [0.15, 0.2) is 65.6 Å². The van der Waals surface area contributed by atoms with Crippen LogP contribution < -0.4 is 10.9 Å². The van der Waals surface area contributed by atoms with E-state index >= 15 is 0 Å². The topological polar surface area (TPSA) is 78.8 Å². The van der Waals surface area contributed by atoms with Crippen LogP contribution in [0.25, 0.3) is 16.7 Å². The number of piperidine rings is 1. The van der Waals surface area contributed by atoms with E-state index in [1.165, 1.54) is 24.0 Å². The lowest BCUT2D eigenvalue weighted by atomic mass is 9.99. The van der Waals surface area contributed by atoms with Gasteiger partial charge >= 0.3 is 0 Å². The lowest BCUT2D eigenvalue weighted by Gasteiger charge is -2.31. The first-order valence-electron chi connectivity index (χ1n) is 11.2. The molecule has 1 aliphatic heterocycles. The number of nitrogens with zero attached hydrogens (tertiary/aromatic N) is 4. The molecule has 164 valence electrons. The van der Waals surface area contributed by atoms with Gasteiger partial charge in [0, 0.05) is 19.6 Å². The summed E-state index contributed by atoms with van der Waals surface area (Å²) in [5.74, 6) is 1.20. The summed E-state index contributed by atoms with van der Waals surface area (Å²) in [4.78, 5) is 22.7. The monoisotopic (exact) mass is 428 g/mol. The molecule has 1 atom stereocenters. The fourth-order valence-electron chi connectivity index (χ4n) is 4.49. The third kappa shape index (κ3) is 4.29. The van der Waals surface area contributed by atoms with Crippen molar-refractivity contribution in [3.8, 4) is 5.69 Å². The van der Waals surface area contributed by atoms with Gasteiger partial charge in [0.15, 0.2) is 5.65 Å². The molecule has 2 aromatic heterocycles. The van der Waals surface area contributed by atoms with Gasteiger partial charge in [-0.05, 0) is 48.6 Å². The summed E-state index contributed by atoms with van der Waals surface area (Å²) in [6.45, 7) is 6.18. The van der Waals surface area contributed by atoms with Gasteiger partial charge < -0.3 is 5.32 Å². The van der Waals surface area contributed by atoms with E-state index in [-0.39, 0.29) is 5.56 Å². The van der Waals surface area contributed by atoms with Gasteiger partial charge in [0.05, 0.1) is 11.9 Å². The van der Waals surface area contributed by atoms with Crippen LogP contribution in [0.1, 0.15) is 30.9 Å². The highest BCUT2D eigenvalue weighted by molar-refractivity contribution is 5.76. The minimum atomic E-state index is -0.199. The number of hydrogen-bond acceptors (Lipinski definition) is 5. The molecule has 7 nitrogen and oxygen atoms in total. The molecular formula is C25H28N6O. The number of aromatic nitrogens is 4. The lowest BCUT2D eigenvalue weighted by Crippen LogP contribution is -2.34. The zero-order chi connectivity index (χ0) is 21.9. The van der Waals surface area contributed by atoms with Crippen molar-refractivity contribution in [1.82, 2.24) is 24.6 Å². The largest absolute Gasteiger partial charge is 0.352 e. The molecule has 0 saturated carbocycles.